The standard InChI is InChI=1S/C10H16F3NO2/c1-2-14(6-10(11,12)13)5-9(7-15)3-4-16-8-9/h7H,2-6,8H2,1H3. The van der Waals surface area contributed by atoms with Gasteiger partial charge in [-0.15, -0.1) is 0 Å². The highest BCUT2D eigenvalue weighted by Crippen LogP contribution is 2.28. The summed E-state index contributed by atoms with van der Waals surface area (Å²) in [6.07, 6.45) is -2.98. The van der Waals surface area contributed by atoms with Gasteiger partial charge in [-0.3, -0.25) is 4.90 Å². The Balaban J connectivity index is 2.57. The number of carbonyl (C=O) groups is 1. The third-order valence-electron chi connectivity index (χ3n) is 2.77. The van der Waals surface area contributed by atoms with Crippen LogP contribution in [0.2, 0.25) is 0 Å². The Hall–Kier alpha value is -0.620. The molecule has 0 N–H and O–H groups in total. The first-order chi connectivity index (χ1) is 7.41. The molecular weight excluding hydrogens is 223 g/mol. The molecule has 0 saturated carbocycles. The van der Waals surface area contributed by atoms with E-state index in [4.69, 9.17) is 4.74 Å². The van der Waals surface area contributed by atoms with Crippen LogP contribution in [0.3, 0.4) is 0 Å². The molecule has 1 rings (SSSR count). The first-order valence-electron chi connectivity index (χ1n) is 5.24. The maximum Gasteiger partial charge on any atom is 0.401 e. The number of ether oxygens (including phenoxy) is 1. The Morgan fingerprint density at radius 1 is 1.50 bits per heavy atom. The molecule has 1 fully saturated rings. The molecule has 94 valence electrons. The second kappa shape index (κ2) is 5.14. The molecule has 0 aromatic heterocycles. The van der Waals surface area contributed by atoms with Gasteiger partial charge in [-0.25, -0.2) is 0 Å². The average Bonchev–Trinajstić information content (AvgIpc) is 2.64. The van der Waals surface area contributed by atoms with Crippen molar-refractivity contribution in [1.29, 1.82) is 0 Å². The van der Waals surface area contributed by atoms with Crippen molar-refractivity contribution >= 4 is 6.29 Å². The highest BCUT2D eigenvalue weighted by atomic mass is 19.4. The van der Waals surface area contributed by atoms with Crippen LogP contribution in [0, 0.1) is 5.41 Å². The zero-order valence-electron chi connectivity index (χ0n) is 9.22. The third kappa shape index (κ3) is 3.75. The summed E-state index contributed by atoms with van der Waals surface area (Å²) in [5.74, 6) is 0. The van der Waals surface area contributed by atoms with Gasteiger partial charge >= 0.3 is 6.18 Å². The fourth-order valence-electron chi connectivity index (χ4n) is 1.86. The lowest BCUT2D eigenvalue weighted by atomic mass is 9.88. The summed E-state index contributed by atoms with van der Waals surface area (Å²) >= 11 is 0. The largest absolute Gasteiger partial charge is 0.401 e. The van der Waals surface area contributed by atoms with E-state index in [9.17, 15) is 18.0 Å². The van der Waals surface area contributed by atoms with Gasteiger partial charge in [0.15, 0.2) is 0 Å². The van der Waals surface area contributed by atoms with Crippen LogP contribution >= 0.6 is 0 Å². The van der Waals surface area contributed by atoms with E-state index in [-0.39, 0.29) is 19.7 Å². The summed E-state index contributed by atoms with van der Waals surface area (Å²) in [6.45, 7) is 1.74. The van der Waals surface area contributed by atoms with Crippen LogP contribution in [0.1, 0.15) is 13.3 Å². The second-order valence-corrected chi connectivity index (χ2v) is 4.20. The van der Waals surface area contributed by atoms with Crippen molar-refractivity contribution in [3.63, 3.8) is 0 Å². The van der Waals surface area contributed by atoms with Crippen molar-refractivity contribution in [2.75, 3.05) is 32.8 Å². The molecule has 0 bridgehead atoms. The molecule has 0 amide bonds. The van der Waals surface area contributed by atoms with Crippen molar-refractivity contribution in [3.8, 4) is 0 Å². The maximum absolute atomic E-state index is 12.2. The highest BCUT2D eigenvalue weighted by molar-refractivity contribution is 5.60. The third-order valence-corrected chi connectivity index (χ3v) is 2.77. The number of rotatable bonds is 5. The van der Waals surface area contributed by atoms with Crippen LogP contribution in [0.15, 0.2) is 0 Å². The minimum Gasteiger partial charge on any atom is -0.380 e. The Morgan fingerprint density at radius 2 is 2.19 bits per heavy atom. The Bertz CT molecular complexity index is 237. The minimum absolute atomic E-state index is 0.118. The minimum atomic E-state index is -4.22. The average molecular weight is 239 g/mol. The summed E-state index contributed by atoms with van der Waals surface area (Å²) in [6, 6.07) is 0. The predicted octanol–water partition coefficient (Wildman–Crippen LogP) is 1.48. The summed E-state index contributed by atoms with van der Waals surface area (Å²) in [5.41, 5.74) is -0.749. The summed E-state index contributed by atoms with van der Waals surface area (Å²) in [5, 5.41) is 0. The molecule has 16 heavy (non-hydrogen) atoms. The maximum atomic E-state index is 12.2. The predicted molar refractivity (Wildman–Crippen MR) is 52.1 cm³/mol. The normalized spacial score (nSPS) is 26.3. The van der Waals surface area contributed by atoms with E-state index in [0.717, 1.165) is 6.29 Å². The number of hydrogen-bond donors (Lipinski definition) is 0. The topological polar surface area (TPSA) is 29.5 Å². The first-order valence-corrected chi connectivity index (χ1v) is 5.24. The zero-order valence-corrected chi connectivity index (χ0v) is 9.22. The monoisotopic (exact) mass is 239 g/mol. The molecule has 0 aromatic rings. The zero-order chi connectivity index (χ0) is 12.2. The summed E-state index contributed by atoms with van der Waals surface area (Å²) in [7, 11) is 0. The number of nitrogens with zero attached hydrogens (tertiary/aromatic N) is 1. The summed E-state index contributed by atoms with van der Waals surface area (Å²) < 4.78 is 41.8. The molecule has 1 atom stereocenters. The number of carbonyl (C=O) groups excluding carboxylic acids is 1. The molecule has 1 aliphatic heterocycles. The molecule has 0 spiro atoms. The fourth-order valence-corrected chi connectivity index (χ4v) is 1.86. The first kappa shape index (κ1) is 13.4. The number of aldehydes is 1. The van der Waals surface area contributed by atoms with Gasteiger partial charge in [0.25, 0.3) is 0 Å². The van der Waals surface area contributed by atoms with Gasteiger partial charge in [0, 0.05) is 13.2 Å². The Kier molecular flexibility index (Phi) is 4.32. The SMILES string of the molecule is CCN(CC(F)(F)F)CC1(C=O)CCOC1. The molecule has 6 heteroatoms. The molecule has 1 saturated heterocycles. The van der Waals surface area contributed by atoms with E-state index >= 15 is 0 Å². The van der Waals surface area contributed by atoms with E-state index in [1.807, 2.05) is 0 Å². The van der Waals surface area contributed by atoms with Gasteiger partial charge in [0.2, 0.25) is 0 Å². The molecular formula is C10H16F3NO2. The lowest BCUT2D eigenvalue weighted by molar-refractivity contribution is -0.150. The molecule has 0 aliphatic carbocycles. The molecule has 0 aromatic carbocycles. The van der Waals surface area contributed by atoms with Crippen LogP contribution in [0.4, 0.5) is 13.2 Å². The van der Waals surface area contributed by atoms with E-state index in [0.29, 0.717) is 13.0 Å². The number of hydrogen-bond acceptors (Lipinski definition) is 3. The molecule has 1 aliphatic rings. The van der Waals surface area contributed by atoms with Crippen molar-refractivity contribution in [1.82, 2.24) is 4.90 Å². The van der Waals surface area contributed by atoms with Crippen molar-refractivity contribution in [2.24, 2.45) is 5.41 Å². The molecule has 0 radical (unpaired) electrons. The Labute approximate surface area is 92.5 Å². The van der Waals surface area contributed by atoms with Gasteiger partial charge in [-0.2, -0.15) is 13.2 Å². The Morgan fingerprint density at radius 3 is 2.56 bits per heavy atom. The van der Waals surface area contributed by atoms with Crippen LogP contribution in [-0.2, 0) is 9.53 Å². The van der Waals surface area contributed by atoms with Gasteiger partial charge in [0.05, 0.1) is 18.6 Å². The van der Waals surface area contributed by atoms with Crippen molar-refractivity contribution in [3.05, 3.63) is 0 Å². The van der Waals surface area contributed by atoms with Gasteiger partial charge < -0.3 is 9.53 Å². The van der Waals surface area contributed by atoms with Gasteiger partial charge in [-0.1, -0.05) is 6.92 Å². The van der Waals surface area contributed by atoms with E-state index in [1.54, 1.807) is 6.92 Å². The van der Waals surface area contributed by atoms with Crippen LogP contribution in [0.5, 0.6) is 0 Å². The lowest BCUT2D eigenvalue weighted by Crippen LogP contribution is -2.43. The van der Waals surface area contributed by atoms with E-state index in [2.05, 4.69) is 0 Å². The fraction of sp³-hybridized carbons (Fsp3) is 0.900. The van der Waals surface area contributed by atoms with Crippen LogP contribution in [0.25, 0.3) is 0 Å². The van der Waals surface area contributed by atoms with E-state index < -0.39 is 18.1 Å². The van der Waals surface area contributed by atoms with Crippen molar-refractivity contribution in [2.45, 2.75) is 19.5 Å². The van der Waals surface area contributed by atoms with Gasteiger partial charge in [0.1, 0.15) is 6.29 Å². The summed E-state index contributed by atoms with van der Waals surface area (Å²) in [4.78, 5) is 12.2. The number of halogens is 3. The van der Waals surface area contributed by atoms with Crippen LogP contribution < -0.4 is 0 Å². The molecule has 1 heterocycles. The second-order valence-electron chi connectivity index (χ2n) is 4.20. The van der Waals surface area contributed by atoms with Crippen LogP contribution in [-0.4, -0.2) is 50.2 Å². The van der Waals surface area contributed by atoms with Crippen molar-refractivity contribution < 1.29 is 22.7 Å². The highest BCUT2D eigenvalue weighted by Gasteiger charge is 2.39. The molecule has 3 nitrogen and oxygen atoms in total. The van der Waals surface area contributed by atoms with Gasteiger partial charge in [-0.05, 0) is 13.0 Å². The lowest BCUT2D eigenvalue weighted by Gasteiger charge is -2.29. The molecule has 1 unspecified atom stereocenters. The van der Waals surface area contributed by atoms with E-state index in [1.165, 1.54) is 4.90 Å². The number of alkyl halides is 3. The quantitative estimate of drug-likeness (QED) is 0.680. The smallest absolute Gasteiger partial charge is 0.380 e.